The van der Waals surface area contributed by atoms with Gasteiger partial charge in [0.05, 0.1) is 17.1 Å². The number of rotatable bonds is 4. The number of nitrogens with zero attached hydrogens (tertiary/aromatic N) is 3. The summed E-state index contributed by atoms with van der Waals surface area (Å²) in [4.78, 5) is 29.0. The van der Waals surface area contributed by atoms with Crippen molar-refractivity contribution in [1.29, 1.82) is 0 Å². The Morgan fingerprint density at radius 1 is 1.22 bits per heavy atom. The monoisotopic (exact) mass is 381 g/mol. The lowest BCUT2D eigenvalue weighted by molar-refractivity contribution is -0.123. The Bertz CT molecular complexity index is 1030. The number of anilines is 2. The van der Waals surface area contributed by atoms with Crippen LogP contribution in [0.5, 0.6) is 0 Å². The number of halogens is 1. The first-order valence-corrected chi connectivity index (χ1v) is 8.78. The maximum atomic E-state index is 12.4. The molecule has 2 aromatic carbocycles. The SMILES string of the molecule is Cc1ccc(-c2nc3n(n2)C(CC(=O)Nc2ccccc2Cl)C(=O)N3)cc1. The van der Waals surface area contributed by atoms with Crippen molar-refractivity contribution in [2.75, 3.05) is 10.6 Å². The topological polar surface area (TPSA) is 88.9 Å². The minimum atomic E-state index is -0.755. The third kappa shape index (κ3) is 3.41. The van der Waals surface area contributed by atoms with E-state index in [4.69, 9.17) is 11.6 Å². The number of nitrogens with one attached hydrogen (secondary N) is 2. The van der Waals surface area contributed by atoms with Crippen molar-refractivity contribution in [1.82, 2.24) is 14.8 Å². The number of hydrogen-bond acceptors (Lipinski definition) is 4. The van der Waals surface area contributed by atoms with Crippen LogP contribution in [0.2, 0.25) is 5.02 Å². The van der Waals surface area contributed by atoms with E-state index < -0.39 is 6.04 Å². The first-order chi connectivity index (χ1) is 13.0. The molecular formula is C19H16ClN5O2. The van der Waals surface area contributed by atoms with Crippen molar-refractivity contribution in [2.45, 2.75) is 19.4 Å². The molecule has 7 nitrogen and oxygen atoms in total. The van der Waals surface area contributed by atoms with Crippen LogP contribution in [0.25, 0.3) is 11.4 Å². The second-order valence-electron chi connectivity index (χ2n) is 6.31. The fraction of sp³-hybridized carbons (Fsp3) is 0.158. The van der Waals surface area contributed by atoms with E-state index in [1.54, 1.807) is 24.3 Å². The van der Waals surface area contributed by atoms with Gasteiger partial charge in [-0.1, -0.05) is 53.6 Å². The summed E-state index contributed by atoms with van der Waals surface area (Å²) in [7, 11) is 0. The fourth-order valence-electron chi connectivity index (χ4n) is 2.87. The Morgan fingerprint density at radius 3 is 2.70 bits per heavy atom. The van der Waals surface area contributed by atoms with Gasteiger partial charge < -0.3 is 5.32 Å². The molecule has 27 heavy (non-hydrogen) atoms. The fourth-order valence-corrected chi connectivity index (χ4v) is 3.06. The Hall–Kier alpha value is -3.19. The van der Waals surface area contributed by atoms with Crippen molar-refractivity contribution in [3.8, 4) is 11.4 Å². The van der Waals surface area contributed by atoms with E-state index in [1.165, 1.54) is 4.68 Å². The van der Waals surface area contributed by atoms with Gasteiger partial charge in [-0.15, -0.1) is 5.10 Å². The minimum Gasteiger partial charge on any atom is -0.325 e. The largest absolute Gasteiger partial charge is 0.325 e. The Morgan fingerprint density at radius 2 is 1.96 bits per heavy atom. The highest BCUT2D eigenvalue weighted by molar-refractivity contribution is 6.33. The van der Waals surface area contributed by atoms with Gasteiger partial charge in [-0.25, -0.2) is 4.68 Å². The minimum absolute atomic E-state index is 0.0687. The Kier molecular flexibility index (Phi) is 4.37. The molecule has 0 radical (unpaired) electrons. The molecule has 136 valence electrons. The molecule has 3 aromatic rings. The van der Waals surface area contributed by atoms with Gasteiger partial charge in [0.15, 0.2) is 5.82 Å². The average Bonchev–Trinajstić information content (AvgIpc) is 3.17. The quantitative estimate of drug-likeness (QED) is 0.724. The third-order valence-electron chi connectivity index (χ3n) is 4.30. The van der Waals surface area contributed by atoms with E-state index in [-0.39, 0.29) is 18.2 Å². The van der Waals surface area contributed by atoms with Crippen molar-refractivity contribution in [3.05, 3.63) is 59.1 Å². The lowest BCUT2D eigenvalue weighted by Crippen LogP contribution is -2.23. The number of hydrogen-bond donors (Lipinski definition) is 2. The van der Waals surface area contributed by atoms with Crippen LogP contribution in [0.1, 0.15) is 18.0 Å². The molecule has 0 bridgehead atoms. The zero-order valence-electron chi connectivity index (χ0n) is 14.4. The summed E-state index contributed by atoms with van der Waals surface area (Å²) >= 11 is 6.06. The van der Waals surface area contributed by atoms with Crippen LogP contribution in [0, 0.1) is 6.92 Å². The zero-order chi connectivity index (χ0) is 19.0. The van der Waals surface area contributed by atoms with Gasteiger partial charge in [-0.05, 0) is 19.1 Å². The van der Waals surface area contributed by atoms with Crippen LogP contribution in [0.3, 0.4) is 0 Å². The highest BCUT2D eigenvalue weighted by Gasteiger charge is 2.35. The molecule has 4 rings (SSSR count). The molecule has 1 aliphatic rings. The van der Waals surface area contributed by atoms with E-state index in [9.17, 15) is 9.59 Å². The van der Waals surface area contributed by atoms with Gasteiger partial charge in [0.2, 0.25) is 11.9 Å². The summed E-state index contributed by atoms with van der Waals surface area (Å²) in [6.45, 7) is 2.00. The van der Waals surface area contributed by atoms with Crippen LogP contribution in [0.4, 0.5) is 11.6 Å². The number of amides is 2. The summed E-state index contributed by atoms with van der Waals surface area (Å²) in [5.41, 5.74) is 2.48. The molecule has 0 spiro atoms. The number of aromatic nitrogens is 3. The summed E-state index contributed by atoms with van der Waals surface area (Å²) < 4.78 is 1.46. The average molecular weight is 382 g/mol. The van der Waals surface area contributed by atoms with Crippen LogP contribution in [0.15, 0.2) is 48.5 Å². The number of fused-ring (bicyclic) bond motifs is 1. The van der Waals surface area contributed by atoms with E-state index in [0.717, 1.165) is 11.1 Å². The van der Waals surface area contributed by atoms with E-state index >= 15 is 0 Å². The molecule has 0 fully saturated rings. The molecule has 0 saturated carbocycles. The first-order valence-electron chi connectivity index (χ1n) is 8.40. The number of carbonyl (C=O) groups excluding carboxylic acids is 2. The van der Waals surface area contributed by atoms with Crippen molar-refractivity contribution < 1.29 is 9.59 Å². The van der Waals surface area contributed by atoms with Crippen molar-refractivity contribution in [3.63, 3.8) is 0 Å². The summed E-state index contributed by atoms with van der Waals surface area (Å²) in [5.74, 6) is 0.200. The predicted molar refractivity (Wildman–Crippen MR) is 103 cm³/mol. The lowest BCUT2D eigenvalue weighted by Gasteiger charge is -2.10. The molecule has 0 aliphatic carbocycles. The highest BCUT2D eigenvalue weighted by Crippen LogP contribution is 2.29. The molecule has 1 aliphatic heterocycles. The van der Waals surface area contributed by atoms with Gasteiger partial charge in [0.1, 0.15) is 6.04 Å². The van der Waals surface area contributed by atoms with Gasteiger partial charge in [-0.3, -0.25) is 14.9 Å². The second-order valence-corrected chi connectivity index (χ2v) is 6.71. The van der Waals surface area contributed by atoms with E-state index in [2.05, 4.69) is 20.7 Å². The molecule has 1 unspecified atom stereocenters. The standard InChI is InChI=1S/C19H16ClN5O2/c1-11-6-8-12(9-7-11)17-22-19-23-18(27)15(25(19)24-17)10-16(26)21-14-5-3-2-4-13(14)20/h2-9,15H,10H2,1H3,(H,21,26)(H,22,23,24,27). The molecule has 2 amide bonds. The highest BCUT2D eigenvalue weighted by atomic mass is 35.5. The smallest absolute Gasteiger partial charge is 0.252 e. The molecule has 8 heteroatoms. The van der Waals surface area contributed by atoms with Crippen LogP contribution in [-0.4, -0.2) is 26.6 Å². The van der Waals surface area contributed by atoms with Crippen LogP contribution in [-0.2, 0) is 9.59 Å². The van der Waals surface area contributed by atoms with E-state index in [1.807, 2.05) is 31.2 Å². The van der Waals surface area contributed by atoms with Crippen LogP contribution < -0.4 is 10.6 Å². The van der Waals surface area contributed by atoms with Crippen molar-refractivity contribution >= 4 is 35.1 Å². The number of para-hydroxylation sites is 1. The van der Waals surface area contributed by atoms with Gasteiger partial charge in [-0.2, -0.15) is 4.98 Å². The number of aryl methyl sites for hydroxylation is 1. The maximum Gasteiger partial charge on any atom is 0.252 e. The predicted octanol–water partition coefficient (Wildman–Crippen LogP) is 3.43. The van der Waals surface area contributed by atoms with Gasteiger partial charge >= 0.3 is 0 Å². The number of benzene rings is 2. The molecule has 1 atom stereocenters. The Balaban J connectivity index is 1.53. The maximum absolute atomic E-state index is 12.4. The normalized spacial score (nSPS) is 15.3. The molecule has 2 heterocycles. The van der Waals surface area contributed by atoms with Gasteiger partial charge in [0.25, 0.3) is 5.91 Å². The zero-order valence-corrected chi connectivity index (χ0v) is 15.2. The number of carbonyl (C=O) groups is 2. The summed E-state index contributed by atoms with van der Waals surface area (Å²) in [6.07, 6.45) is -0.0687. The third-order valence-corrected chi connectivity index (χ3v) is 4.63. The van der Waals surface area contributed by atoms with Gasteiger partial charge in [0, 0.05) is 5.56 Å². The molecular weight excluding hydrogens is 366 g/mol. The Labute approximate surface area is 160 Å². The van der Waals surface area contributed by atoms with Crippen molar-refractivity contribution in [2.24, 2.45) is 0 Å². The molecule has 1 aromatic heterocycles. The first kappa shape index (κ1) is 17.2. The molecule has 0 saturated heterocycles. The summed E-state index contributed by atoms with van der Waals surface area (Å²) in [5, 5.41) is 10.2. The molecule has 2 N–H and O–H groups in total. The van der Waals surface area contributed by atoms with Crippen LogP contribution >= 0.6 is 11.6 Å². The van der Waals surface area contributed by atoms with E-state index in [0.29, 0.717) is 22.5 Å². The summed E-state index contributed by atoms with van der Waals surface area (Å²) in [6, 6.07) is 13.9. The second kappa shape index (κ2) is 6.85. The lowest BCUT2D eigenvalue weighted by atomic mass is 10.1.